The molecule has 2 rings (SSSR count). The highest BCUT2D eigenvalue weighted by molar-refractivity contribution is 4.82. The fourth-order valence-electron chi connectivity index (χ4n) is 2.48. The van der Waals surface area contributed by atoms with Crippen molar-refractivity contribution in [2.75, 3.05) is 33.3 Å². The van der Waals surface area contributed by atoms with Crippen molar-refractivity contribution >= 4 is 0 Å². The summed E-state index contributed by atoms with van der Waals surface area (Å²) in [5.41, 5.74) is 0. The lowest BCUT2D eigenvalue weighted by atomic mass is 10.1. The van der Waals surface area contributed by atoms with Crippen molar-refractivity contribution in [3.63, 3.8) is 0 Å². The molecule has 1 saturated heterocycles. The molecular weight excluding hydrogens is 188 g/mol. The molecule has 0 aromatic heterocycles. The van der Waals surface area contributed by atoms with Gasteiger partial charge in [0.1, 0.15) is 0 Å². The predicted octanol–water partition coefficient (Wildman–Crippen LogP) is 1.10. The second-order valence-corrected chi connectivity index (χ2v) is 5.07. The molecule has 2 fully saturated rings. The Labute approximate surface area is 93.2 Å². The number of nitrogens with one attached hydrogen (secondary N) is 1. The standard InChI is InChI=1S/C12H24N2O/c1-10(7-11-3-4-11)14-5-6-15-12(9-14)8-13-2/h10-13H,3-9H2,1-2H3. The monoisotopic (exact) mass is 212 g/mol. The molecule has 2 atom stereocenters. The molecule has 3 nitrogen and oxygen atoms in total. The molecular formula is C12H24N2O. The van der Waals surface area contributed by atoms with Crippen molar-refractivity contribution in [1.82, 2.24) is 10.2 Å². The van der Waals surface area contributed by atoms with E-state index in [0.29, 0.717) is 6.10 Å². The van der Waals surface area contributed by atoms with Crippen molar-refractivity contribution < 1.29 is 4.74 Å². The van der Waals surface area contributed by atoms with E-state index in [0.717, 1.165) is 38.2 Å². The van der Waals surface area contributed by atoms with E-state index in [1.54, 1.807) is 0 Å². The molecule has 15 heavy (non-hydrogen) atoms. The topological polar surface area (TPSA) is 24.5 Å². The van der Waals surface area contributed by atoms with Crippen LogP contribution in [-0.4, -0.2) is 50.3 Å². The maximum atomic E-state index is 5.72. The van der Waals surface area contributed by atoms with Crippen LogP contribution in [0.25, 0.3) is 0 Å². The third-order valence-corrected chi connectivity index (χ3v) is 3.60. The molecule has 1 aliphatic heterocycles. The maximum absolute atomic E-state index is 5.72. The minimum absolute atomic E-state index is 0.394. The van der Waals surface area contributed by atoms with Gasteiger partial charge >= 0.3 is 0 Å². The van der Waals surface area contributed by atoms with Crippen LogP contribution >= 0.6 is 0 Å². The van der Waals surface area contributed by atoms with Gasteiger partial charge in [-0.05, 0) is 26.3 Å². The molecule has 88 valence electrons. The number of hydrogen-bond donors (Lipinski definition) is 1. The summed E-state index contributed by atoms with van der Waals surface area (Å²) in [5, 5.41) is 3.20. The van der Waals surface area contributed by atoms with Gasteiger partial charge < -0.3 is 10.1 Å². The van der Waals surface area contributed by atoms with Gasteiger partial charge in [-0.2, -0.15) is 0 Å². The Morgan fingerprint density at radius 1 is 1.47 bits per heavy atom. The Morgan fingerprint density at radius 2 is 2.27 bits per heavy atom. The molecule has 1 aliphatic carbocycles. The summed E-state index contributed by atoms with van der Waals surface area (Å²) in [4.78, 5) is 2.60. The summed E-state index contributed by atoms with van der Waals surface area (Å²) in [6.07, 6.45) is 4.72. The van der Waals surface area contributed by atoms with Gasteiger partial charge in [-0.25, -0.2) is 0 Å². The van der Waals surface area contributed by atoms with Crippen molar-refractivity contribution in [3.05, 3.63) is 0 Å². The highest BCUT2D eigenvalue weighted by Crippen LogP contribution is 2.34. The molecule has 2 unspecified atom stereocenters. The van der Waals surface area contributed by atoms with Gasteiger partial charge in [-0.1, -0.05) is 12.8 Å². The zero-order valence-electron chi connectivity index (χ0n) is 10.0. The van der Waals surface area contributed by atoms with Crippen molar-refractivity contribution in [1.29, 1.82) is 0 Å². The number of nitrogens with zero attached hydrogens (tertiary/aromatic N) is 1. The van der Waals surface area contributed by atoms with E-state index in [1.165, 1.54) is 19.3 Å². The fraction of sp³-hybridized carbons (Fsp3) is 1.00. The zero-order valence-corrected chi connectivity index (χ0v) is 10.0. The molecule has 0 amide bonds. The van der Waals surface area contributed by atoms with E-state index in [1.807, 2.05) is 7.05 Å². The Balaban J connectivity index is 1.74. The van der Waals surface area contributed by atoms with E-state index in [2.05, 4.69) is 17.1 Å². The lowest BCUT2D eigenvalue weighted by Crippen LogP contribution is -2.49. The molecule has 0 bridgehead atoms. The zero-order chi connectivity index (χ0) is 10.7. The van der Waals surface area contributed by atoms with Crippen molar-refractivity contribution in [3.8, 4) is 0 Å². The maximum Gasteiger partial charge on any atom is 0.0826 e. The molecule has 0 aromatic rings. The molecule has 0 spiro atoms. The number of morpholine rings is 1. The number of hydrogen-bond acceptors (Lipinski definition) is 3. The average Bonchev–Trinajstić information content (AvgIpc) is 3.03. The van der Waals surface area contributed by atoms with Gasteiger partial charge in [0, 0.05) is 25.7 Å². The Bertz CT molecular complexity index is 192. The van der Waals surface area contributed by atoms with Gasteiger partial charge in [-0.15, -0.1) is 0 Å². The molecule has 0 aromatic carbocycles. The molecule has 1 heterocycles. The first kappa shape index (κ1) is 11.4. The van der Waals surface area contributed by atoms with E-state index in [4.69, 9.17) is 4.74 Å². The average molecular weight is 212 g/mol. The number of likely N-dealkylation sites (N-methyl/N-ethyl adjacent to an activating group) is 1. The molecule has 1 N–H and O–H groups in total. The minimum atomic E-state index is 0.394. The SMILES string of the molecule is CNCC1CN(C(C)CC2CC2)CCO1. The van der Waals surface area contributed by atoms with Crippen LogP contribution in [0, 0.1) is 5.92 Å². The van der Waals surface area contributed by atoms with Crippen molar-refractivity contribution in [2.45, 2.75) is 38.3 Å². The quantitative estimate of drug-likeness (QED) is 0.738. The number of ether oxygens (including phenoxy) is 1. The number of rotatable bonds is 5. The Kier molecular flexibility index (Phi) is 4.00. The van der Waals surface area contributed by atoms with Gasteiger partial charge in [-0.3, -0.25) is 4.90 Å². The molecule has 3 heteroatoms. The van der Waals surface area contributed by atoms with E-state index in [9.17, 15) is 0 Å². The molecule has 1 saturated carbocycles. The van der Waals surface area contributed by atoms with Crippen LogP contribution in [-0.2, 0) is 4.74 Å². The van der Waals surface area contributed by atoms with Gasteiger partial charge in [0.05, 0.1) is 12.7 Å². The summed E-state index contributed by atoms with van der Waals surface area (Å²) in [6.45, 7) is 6.48. The summed E-state index contributed by atoms with van der Waals surface area (Å²) in [7, 11) is 2.00. The van der Waals surface area contributed by atoms with Gasteiger partial charge in [0.25, 0.3) is 0 Å². The first-order valence-corrected chi connectivity index (χ1v) is 6.30. The highest BCUT2D eigenvalue weighted by atomic mass is 16.5. The summed E-state index contributed by atoms with van der Waals surface area (Å²) >= 11 is 0. The third kappa shape index (κ3) is 3.44. The second kappa shape index (κ2) is 5.28. The largest absolute Gasteiger partial charge is 0.374 e. The summed E-state index contributed by atoms with van der Waals surface area (Å²) < 4.78 is 5.72. The van der Waals surface area contributed by atoms with E-state index < -0.39 is 0 Å². The van der Waals surface area contributed by atoms with Crippen LogP contribution in [0.1, 0.15) is 26.2 Å². The van der Waals surface area contributed by atoms with Crippen LogP contribution in [0.2, 0.25) is 0 Å². The first-order valence-electron chi connectivity index (χ1n) is 6.30. The Morgan fingerprint density at radius 3 is 2.93 bits per heavy atom. The van der Waals surface area contributed by atoms with Gasteiger partial charge in [0.15, 0.2) is 0 Å². The second-order valence-electron chi connectivity index (χ2n) is 5.07. The highest BCUT2D eigenvalue weighted by Gasteiger charge is 2.29. The van der Waals surface area contributed by atoms with E-state index in [-0.39, 0.29) is 0 Å². The lowest BCUT2D eigenvalue weighted by Gasteiger charge is -2.37. The van der Waals surface area contributed by atoms with Crippen LogP contribution in [0.3, 0.4) is 0 Å². The van der Waals surface area contributed by atoms with Crippen LogP contribution in [0.5, 0.6) is 0 Å². The molecule has 2 aliphatic rings. The van der Waals surface area contributed by atoms with Crippen LogP contribution in [0.15, 0.2) is 0 Å². The lowest BCUT2D eigenvalue weighted by molar-refractivity contribution is -0.0404. The normalized spacial score (nSPS) is 30.4. The van der Waals surface area contributed by atoms with Crippen LogP contribution < -0.4 is 5.32 Å². The van der Waals surface area contributed by atoms with Gasteiger partial charge in [0.2, 0.25) is 0 Å². The summed E-state index contributed by atoms with van der Waals surface area (Å²) in [6, 6.07) is 0.751. The minimum Gasteiger partial charge on any atom is -0.374 e. The van der Waals surface area contributed by atoms with Crippen molar-refractivity contribution in [2.24, 2.45) is 5.92 Å². The van der Waals surface area contributed by atoms with E-state index >= 15 is 0 Å². The Hall–Kier alpha value is -0.120. The summed E-state index contributed by atoms with van der Waals surface area (Å²) in [5.74, 6) is 1.03. The predicted molar refractivity (Wildman–Crippen MR) is 62.0 cm³/mol. The molecule has 0 radical (unpaired) electrons. The van der Waals surface area contributed by atoms with Crippen LogP contribution in [0.4, 0.5) is 0 Å². The third-order valence-electron chi connectivity index (χ3n) is 3.60. The first-order chi connectivity index (χ1) is 7.29. The smallest absolute Gasteiger partial charge is 0.0826 e. The fourth-order valence-corrected chi connectivity index (χ4v) is 2.48.